The van der Waals surface area contributed by atoms with E-state index in [-0.39, 0.29) is 11.7 Å². The normalized spacial score (nSPS) is 16.3. The highest BCUT2D eigenvalue weighted by Crippen LogP contribution is 2.31. The van der Waals surface area contributed by atoms with Crippen molar-refractivity contribution in [2.75, 3.05) is 7.11 Å². The third-order valence-corrected chi connectivity index (χ3v) is 5.71. The average Bonchev–Trinajstić information content (AvgIpc) is 3.21. The van der Waals surface area contributed by atoms with Crippen molar-refractivity contribution in [2.24, 2.45) is 4.99 Å². The topological polar surface area (TPSA) is 55.6 Å². The number of aryl methyl sites for hydroxylation is 1. The number of halogens is 1. The Morgan fingerprint density at radius 1 is 1.13 bits per heavy atom. The average molecular weight is 421 g/mol. The summed E-state index contributed by atoms with van der Waals surface area (Å²) in [6, 6.07) is 15.9. The van der Waals surface area contributed by atoms with Crippen molar-refractivity contribution in [1.82, 2.24) is 9.88 Å². The first-order valence-electron chi connectivity index (χ1n) is 9.34. The summed E-state index contributed by atoms with van der Waals surface area (Å²) in [6.07, 6.45) is 1.82. The van der Waals surface area contributed by atoms with Gasteiger partial charge in [-0.1, -0.05) is 12.1 Å². The zero-order valence-electron chi connectivity index (χ0n) is 16.8. The van der Waals surface area contributed by atoms with Crippen molar-refractivity contribution in [3.05, 3.63) is 82.3 Å². The Hall–Kier alpha value is -3.32. The molecule has 0 bridgehead atoms. The van der Waals surface area contributed by atoms with Gasteiger partial charge in [0.1, 0.15) is 11.6 Å². The lowest BCUT2D eigenvalue weighted by atomic mass is 10.2. The van der Waals surface area contributed by atoms with Gasteiger partial charge in [0.05, 0.1) is 23.4 Å². The van der Waals surface area contributed by atoms with Gasteiger partial charge in [-0.3, -0.25) is 4.79 Å². The molecule has 0 atom stereocenters. The lowest BCUT2D eigenvalue weighted by Gasteiger charge is -2.10. The van der Waals surface area contributed by atoms with Crippen molar-refractivity contribution in [1.29, 1.82) is 0 Å². The first kappa shape index (κ1) is 20.0. The van der Waals surface area contributed by atoms with Gasteiger partial charge in [0.15, 0.2) is 5.17 Å². The van der Waals surface area contributed by atoms with E-state index in [0.717, 1.165) is 28.4 Å². The van der Waals surface area contributed by atoms with Crippen LogP contribution in [0.1, 0.15) is 17.0 Å². The van der Waals surface area contributed by atoms with Crippen LogP contribution in [0.4, 0.5) is 10.1 Å². The highest BCUT2D eigenvalue weighted by molar-refractivity contribution is 8.18. The van der Waals surface area contributed by atoms with Crippen LogP contribution in [-0.4, -0.2) is 22.8 Å². The van der Waals surface area contributed by atoms with Gasteiger partial charge in [-0.25, -0.2) is 9.38 Å². The van der Waals surface area contributed by atoms with Crippen molar-refractivity contribution >= 4 is 34.6 Å². The van der Waals surface area contributed by atoms with Crippen LogP contribution in [0.2, 0.25) is 0 Å². The second-order valence-electron chi connectivity index (χ2n) is 6.79. The Morgan fingerprint density at radius 3 is 2.57 bits per heavy atom. The standard InChI is InChI=1S/C23H20FN3O2S/c1-14-12-16(15(2)27(14)20-7-5-4-6-19(20)24)13-21-22(28)26-23(30-21)25-17-8-10-18(29-3)11-9-17/h4-13H,1-3H3,(H,25,26,28)/b21-13+. The molecule has 30 heavy (non-hydrogen) atoms. The third-order valence-electron chi connectivity index (χ3n) is 4.80. The molecule has 3 aromatic rings. The second kappa shape index (κ2) is 8.20. The number of ether oxygens (including phenoxy) is 1. The molecule has 1 amide bonds. The summed E-state index contributed by atoms with van der Waals surface area (Å²) in [5.41, 5.74) is 3.82. The fourth-order valence-corrected chi connectivity index (χ4v) is 4.17. The molecule has 0 spiro atoms. The molecule has 1 saturated heterocycles. The number of carbonyl (C=O) groups excluding carboxylic acids is 1. The van der Waals surface area contributed by atoms with Crippen molar-refractivity contribution in [2.45, 2.75) is 13.8 Å². The molecule has 1 aliphatic heterocycles. The first-order chi connectivity index (χ1) is 14.5. The molecule has 2 aromatic carbocycles. The number of methoxy groups -OCH3 is 1. The molecular formula is C23H20FN3O2S. The van der Waals surface area contributed by atoms with Crippen LogP contribution in [0.15, 0.2) is 64.5 Å². The number of nitrogens with zero attached hydrogens (tertiary/aromatic N) is 2. The molecule has 1 aromatic heterocycles. The van der Waals surface area contributed by atoms with Gasteiger partial charge in [-0.2, -0.15) is 0 Å². The Kier molecular flexibility index (Phi) is 5.46. The molecule has 0 saturated carbocycles. The van der Waals surface area contributed by atoms with Gasteiger partial charge in [0.2, 0.25) is 0 Å². The van der Waals surface area contributed by atoms with Crippen LogP contribution in [0.5, 0.6) is 5.75 Å². The Morgan fingerprint density at radius 2 is 1.87 bits per heavy atom. The van der Waals surface area contributed by atoms with Crippen molar-refractivity contribution in [3.8, 4) is 11.4 Å². The zero-order chi connectivity index (χ0) is 21.3. The molecule has 7 heteroatoms. The number of thioether (sulfide) groups is 1. The van der Waals surface area contributed by atoms with Crippen LogP contribution in [0, 0.1) is 19.7 Å². The minimum Gasteiger partial charge on any atom is -0.497 e. The number of hydrogen-bond donors (Lipinski definition) is 1. The lowest BCUT2D eigenvalue weighted by molar-refractivity contribution is -0.115. The van der Waals surface area contributed by atoms with Crippen LogP contribution in [0.25, 0.3) is 11.8 Å². The van der Waals surface area contributed by atoms with E-state index in [4.69, 9.17) is 4.74 Å². The van der Waals surface area contributed by atoms with E-state index >= 15 is 0 Å². The van der Waals surface area contributed by atoms with Gasteiger partial charge in [-0.05, 0) is 79.7 Å². The molecule has 2 heterocycles. The van der Waals surface area contributed by atoms with Gasteiger partial charge < -0.3 is 14.6 Å². The molecule has 1 fully saturated rings. The third kappa shape index (κ3) is 3.89. The van der Waals surface area contributed by atoms with E-state index in [1.54, 1.807) is 25.3 Å². The number of hydrogen-bond acceptors (Lipinski definition) is 4. The van der Waals surface area contributed by atoms with Gasteiger partial charge in [0.25, 0.3) is 5.91 Å². The van der Waals surface area contributed by atoms with E-state index in [9.17, 15) is 9.18 Å². The minimum atomic E-state index is -0.291. The van der Waals surface area contributed by atoms with E-state index < -0.39 is 0 Å². The number of amidine groups is 1. The van der Waals surface area contributed by atoms with E-state index in [1.807, 2.05) is 54.8 Å². The molecule has 0 radical (unpaired) electrons. The highest BCUT2D eigenvalue weighted by atomic mass is 32.2. The minimum absolute atomic E-state index is 0.206. The summed E-state index contributed by atoms with van der Waals surface area (Å²) in [5, 5.41) is 3.30. The molecule has 4 rings (SSSR count). The summed E-state index contributed by atoms with van der Waals surface area (Å²) >= 11 is 1.28. The SMILES string of the molecule is COc1ccc(N=C2NC(=O)/C(=C\c3cc(C)n(-c4ccccc4F)c3C)S2)cc1. The largest absolute Gasteiger partial charge is 0.497 e. The number of aromatic nitrogens is 1. The summed E-state index contributed by atoms with van der Waals surface area (Å²) in [5.74, 6) is 0.246. The summed E-state index contributed by atoms with van der Waals surface area (Å²) in [4.78, 5) is 17.5. The zero-order valence-corrected chi connectivity index (χ0v) is 17.6. The lowest BCUT2D eigenvalue weighted by Crippen LogP contribution is -2.19. The van der Waals surface area contributed by atoms with E-state index in [0.29, 0.717) is 15.8 Å². The molecule has 1 aliphatic rings. The number of para-hydroxylation sites is 1. The molecule has 0 aliphatic carbocycles. The monoisotopic (exact) mass is 421 g/mol. The van der Waals surface area contributed by atoms with Crippen LogP contribution < -0.4 is 10.1 Å². The van der Waals surface area contributed by atoms with Gasteiger partial charge in [-0.15, -0.1) is 0 Å². The summed E-state index contributed by atoms with van der Waals surface area (Å²) in [6.45, 7) is 3.83. The number of carbonyl (C=O) groups is 1. The van der Waals surface area contributed by atoms with Gasteiger partial charge >= 0.3 is 0 Å². The van der Waals surface area contributed by atoms with Crippen molar-refractivity contribution in [3.63, 3.8) is 0 Å². The van der Waals surface area contributed by atoms with Gasteiger partial charge in [0, 0.05) is 11.4 Å². The first-order valence-corrected chi connectivity index (χ1v) is 10.2. The van der Waals surface area contributed by atoms with Crippen LogP contribution in [0.3, 0.4) is 0 Å². The predicted molar refractivity (Wildman–Crippen MR) is 119 cm³/mol. The fourth-order valence-electron chi connectivity index (χ4n) is 3.33. The number of benzene rings is 2. The Labute approximate surface area is 178 Å². The van der Waals surface area contributed by atoms with Crippen molar-refractivity contribution < 1.29 is 13.9 Å². The van der Waals surface area contributed by atoms with Crippen LogP contribution in [-0.2, 0) is 4.79 Å². The second-order valence-corrected chi connectivity index (χ2v) is 7.82. The number of nitrogens with one attached hydrogen (secondary N) is 1. The Bertz CT molecular complexity index is 1180. The van der Waals surface area contributed by atoms with Crippen LogP contribution >= 0.6 is 11.8 Å². The molecule has 152 valence electrons. The summed E-state index contributed by atoms with van der Waals surface area (Å²) in [7, 11) is 1.61. The number of amides is 1. The quantitative estimate of drug-likeness (QED) is 0.594. The smallest absolute Gasteiger partial charge is 0.264 e. The Balaban J connectivity index is 1.62. The molecule has 5 nitrogen and oxygen atoms in total. The molecule has 1 N–H and O–H groups in total. The number of rotatable bonds is 4. The van der Waals surface area contributed by atoms with E-state index in [1.165, 1.54) is 17.8 Å². The molecular weight excluding hydrogens is 401 g/mol. The highest BCUT2D eigenvalue weighted by Gasteiger charge is 2.24. The number of aliphatic imine (C=N–C) groups is 1. The fraction of sp³-hybridized carbons (Fsp3) is 0.130. The summed E-state index contributed by atoms with van der Waals surface area (Å²) < 4.78 is 21.3. The maximum atomic E-state index is 14.3. The maximum absolute atomic E-state index is 14.3. The predicted octanol–water partition coefficient (Wildman–Crippen LogP) is 5.13. The maximum Gasteiger partial charge on any atom is 0.264 e. The molecule has 0 unspecified atom stereocenters. The van der Waals surface area contributed by atoms with E-state index in [2.05, 4.69) is 10.3 Å².